The molecule has 126 valence electrons. The summed E-state index contributed by atoms with van der Waals surface area (Å²) >= 11 is 0. The number of carbonyl (C=O) groups excluding carboxylic acids is 2. The molecular weight excluding hydrogens is 306 g/mol. The molecule has 1 heterocycles. The van der Waals surface area contributed by atoms with Crippen LogP contribution >= 0.6 is 0 Å². The van der Waals surface area contributed by atoms with Crippen LogP contribution in [0.5, 0.6) is 0 Å². The second-order valence-corrected chi connectivity index (χ2v) is 5.78. The van der Waals surface area contributed by atoms with Crippen molar-refractivity contribution in [3.8, 4) is 0 Å². The minimum Gasteiger partial charge on any atom is -0.350 e. The zero-order valence-electron chi connectivity index (χ0n) is 14.0. The largest absolute Gasteiger partial charge is 0.350 e. The fourth-order valence-corrected chi connectivity index (χ4v) is 1.92. The van der Waals surface area contributed by atoms with Gasteiger partial charge in [0.05, 0.1) is 12.4 Å². The SMILES string of the molecule is CC(=O)Nc1cccc(Nc2cnc(C(=O)NCC(C)C)cn2)c1. The second-order valence-electron chi connectivity index (χ2n) is 5.78. The Kier molecular flexibility index (Phi) is 5.83. The van der Waals surface area contributed by atoms with Crippen LogP contribution in [0.3, 0.4) is 0 Å². The molecule has 0 fully saturated rings. The van der Waals surface area contributed by atoms with Gasteiger partial charge in [0.2, 0.25) is 5.91 Å². The number of anilines is 3. The summed E-state index contributed by atoms with van der Waals surface area (Å²) in [6.07, 6.45) is 2.92. The van der Waals surface area contributed by atoms with E-state index in [1.54, 1.807) is 12.1 Å². The first kappa shape index (κ1) is 17.4. The number of benzene rings is 1. The smallest absolute Gasteiger partial charge is 0.271 e. The Morgan fingerprint density at radius 1 is 1.12 bits per heavy atom. The lowest BCUT2D eigenvalue weighted by atomic mass is 10.2. The molecule has 2 aromatic rings. The summed E-state index contributed by atoms with van der Waals surface area (Å²) in [7, 11) is 0. The molecule has 0 unspecified atom stereocenters. The molecule has 3 N–H and O–H groups in total. The molecule has 0 bridgehead atoms. The van der Waals surface area contributed by atoms with Crippen molar-refractivity contribution in [1.29, 1.82) is 0 Å². The van der Waals surface area contributed by atoms with Gasteiger partial charge in [-0.1, -0.05) is 19.9 Å². The number of rotatable bonds is 6. The Hall–Kier alpha value is -2.96. The van der Waals surface area contributed by atoms with Gasteiger partial charge in [0, 0.05) is 24.8 Å². The summed E-state index contributed by atoms with van der Waals surface area (Å²) in [6.45, 7) is 6.09. The summed E-state index contributed by atoms with van der Waals surface area (Å²) in [5.41, 5.74) is 1.71. The fourth-order valence-electron chi connectivity index (χ4n) is 1.92. The lowest BCUT2D eigenvalue weighted by molar-refractivity contribution is -0.114. The van der Waals surface area contributed by atoms with E-state index in [9.17, 15) is 9.59 Å². The van der Waals surface area contributed by atoms with Crippen molar-refractivity contribution in [2.45, 2.75) is 20.8 Å². The Balaban J connectivity index is 2.01. The molecule has 0 atom stereocenters. The van der Waals surface area contributed by atoms with Crippen LogP contribution in [0.15, 0.2) is 36.7 Å². The number of aromatic nitrogens is 2. The van der Waals surface area contributed by atoms with E-state index in [-0.39, 0.29) is 17.5 Å². The number of nitrogens with one attached hydrogen (secondary N) is 3. The Morgan fingerprint density at radius 3 is 2.50 bits per heavy atom. The van der Waals surface area contributed by atoms with Crippen molar-refractivity contribution in [3.05, 3.63) is 42.4 Å². The normalized spacial score (nSPS) is 10.3. The number of hydrogen-bond acceptors (Lipinski definition) is 5. The molecule has 7 heteroatoms. The van der Waals surface area contributed by atoms with Crippen LogP contribution in [-0.4, -0.2) is 28.3 Å². The molecular formula is C17H21N5O2. The van der Waals surface area contributed by atoms with Crippen LogP contribution in [0.2, 0.25) is 0 Å². The van der Waals surface area contributed by atoms with Gasteiger partial charge in [0.25, 0.3) is 5.91 Å². The van der Waals surface area contributed by atoms with Gasteiger partial charge in [-0.2, -0.15) is 0 Å². The van der Waals surface area contributed by atoms with Gasteiger partial charge in [0.1, 0.15) is 11.5 Å². The van der Waals surface area contributed by atoms with Gasteiger partial charge < -0.3 is 16.0 Å². The molecule has 2 amide bonds. The molecule has 0 aliphatic carbocycles. The fraction of sp³-hybridized carbons (Fsp3) is 0.294. The molecule has 1 aromatic carbocycles. The lowest BCUT2D eigenvalue weighted by Gasteiger charge is -2.09. The third-order valence-corrected chi connectivity index (χ3v) is 3.01. The summed E-state index contributed by atoms with van der Waals surface area (Å²) < 4.78 is 0. The molecule has 0 radical (unpaired) electrons. The van der Waals surface area contributed by atoms with Crippen LogP contribution in [0.4, 0.5) is 17.2 Å². The van der Waals surface area contributed by atoms with Gasteiger partial charge in [-0.25, -0.2) is 9.97 Å². The Labute approximate surface area is 140 Å². The second kappa shape index (κ2) is 8.05. The summed E-state index contributed by atoms with van der Waals surface area (Å²) in [6, 6.07) is 7.23. The molecule has 0 aliphatic rings. The molecule has 1 aromatic heterocycles. The first-order valence-corrected chi connectivity index (χ1v) is 7.69. The van der Waals surface area contributed by atoms with E-state index in [0.29, 0.717) is 24.0 Å². The number of carbonyl (C=O) groups is 2. The van der Waals surface area contributed by atoms with Crippen LogP contribution in [0.1, 0.15) is 31.3 Å². The lowest BCUT2D eigenvalue weighted by Crippen LogP contribution is -2.28. The highest BCUT2D eigenvalue weighted by Gasteiger charge is 2.08. The molecule has 0 saturated carbocycles. The minimum absolute atomic E-state index is 0.135. The predicted molar refractivity (Wildman–Crippen MR) is 93.2 cm³/mol. The average Bonchev–Trinajstić information content (AvgIpc) is 2.53. The third-order valence-electron chi connectivity index (χ3n) is 3.01. The molecule has 2 rings (SSSR count). The van der Waals surface area contributed by atoms with E-state index in [2.05, 4.69) is 25.9 Å². The molecule has 0 saturated heterocycles. The standard InChI is InChI=1S/C17H21N5O2/c1-11(2)8-20-17(24)15-9-19-16(10-18-15)22-14-6-4-5-13(7-14)21-12(3)23/h4-7,9-11H,8H2,1-3H3,(H,19,22)(H,20,24)(H,21,23). The van der Waals surface area contributed by atoms with E-state index in [4.69, 9.17) is 0 Å². The van der Waals surface area contributed by atoms with Crippen molar-refractivity contribution in [3.63, 3.8) is 0 Å². The number of amides is 2. The first-order valence-electron chi connectivity index (χ1n) is 7.69. The molecule has 24 heavy (non-hydrogen) atoms. The molecule has 7 nitrogen and oxygen atoms in total. The van der Waals surface area contributed by atoms with Gasteiger partial charge in [-0.3, -0.25) is 9.59 Å². The maximum absolute atomic E-state index is 11.9. The van der Waals surface area contributed by atoms with E-state index < -0.39 is 0 Å². The maximum atomic E-state index is 11.9. The van der Waals surface area contributed by atoms with Crippen molar-refractivity contribution in [2.75, 3.05) is 17.2 Å². The highest BCUT2D eigenvalue weighted by atomic mass is 16.2. The number of nitrogens with zero attached hydrogens (tertiary/aromatic N) is 2. The third kappa shape index (κ3) is 5.35. The summed E-state index contributed by atoms with van der Waals surface area (Å²) in [5.74, 6) is 0.508. The average molecular weight is 327 g/mol. The first-order chi connectivity index (χ1) is 11.4. The molecule has 0 aliphatic heterocycles. The monoisotopic (exact) mass is 327 g/mol. The van der Waals surface area contributed by atoms with Crippen LogP contribution in [0.25, 0.3) is 0 Å². The quantitative estimate of drug-likeness (QED) is 0.758. The van der Waals surface area contributed by atoms with E-state index in [1.165, 1.54) is 19.3 Å². The van der Waals surface area contributed by atoms with Crippen LogP contribution < -0.4 is 16.0 Å². The topological polar surface area (TPSA) is 96.0 Å². The van der Waals surface area contributed by atoms with Crippen molar-refractivity contribution >= 4 is 29.0 Å². The van der Waals surface area contributed by atoms with Crippen molar-refractivity contribution in [1.82, 2.24) is 15.3 Å². The van der Waals surface area contributed by atoms with Gasteiger partial charge in [-0.15, -0.1) is 0 Å². The van der Waals surface area contributed by atoms with Gasteiger partial charge in [-0.05, 0) is 24.1 Å². The van der Waals surface area contributed by atoms with Gasteiger partial charge in [0.15, 0.2) is 0 Å². The number of hydrogen-bond donors (Lipinski definition) is 3. The van der Waals surface area contributed by atoms with Crippen molar-refractivity contribution in [2.24, 2.45) is 5.92 Å². The van der Waals surface area contributed by atoms with E-state index in [1.807, 2.05) is 26.0 Å². The predicted octanol–water partition coefficient (Wildman–Crippen LogP) is 2.56. The van der Waals surface area contributed by atoms with E-state index >= 15 is 0 Å². The molecule has 0 spiro atoms. The van der Waals surface area contributed by atoms with Crippen molar-refractivity contribution < 1.29 is 9.59 Å². The van der Waals surface area contributed by atoms with Crippen LogP contribution in [-0.2, 0) is 4.79 Å². The summed E-state index contributed by atoms with van der Waals surface area (Å²) in [4.78, 5) is 31.3. The minimum atomic E-state index is -0.240. The zero-order valence-corrected chi connectivity index (χ0v) is 14.0. The zero-order chi connectivity index (χ0) is 17.5. The van der Waals surface area contributed by atoms with Gasteiger partial charge >= 0.3 is 0 Å². The summed E-state index contributed by atoms with van der Waals surface area (Å²) in [5, 5.41) is 8.58. The highest BCUT2D eigenvalue weighted by molar-refractivity contribution is 5.92. The maximum Gasteiger partial charge on any atom is 0.271 e. The Morgan fingerprint density at radius 2 is 1.88 bits per heavy atom. The van der Waals surface area contributed by atoms with E-state index in [0.717, 1.165) is 5.69 Å². The van der Waals surface area contributed by atoms with Crippen LogP contribution in [0, 0.1) is 5.92 Å². The highest BCUT2D eigenvalue weighted by Crippen LogP contribution is 2.18. The Bertz CT molecular complexity index is 713.